The molecule has 0 amide bonds. The minimum atomic E-state index is 0.609. The number of fused-ring (bicyclic) bond motifs is 6. The minimum Gasteiger partial charge on any atom is -0.456 e. The Morgan fingerprint density at radius 3 is 1.63 bits per heavy atom. The Morgan fingerprint density at radius 1 is 0.493 bits per heavy atom. The van der Waals surface area contributed by atoms with Crippen LogP contribution in [0.25, 0.3) is 117 Å². The van der Waals surface area contributed by atoms with Crippen molar-refractivity contribution in [2.45, 2.75) is 6.92 Å². The summed E-state index contributed by atoms with van der Waals surface area (Å²) in [6.45, 7) is 10.2. The Bertz CT molecular complexity index is 4000. The normalized spacial score (nSPS) is 11.6. The first kappa shape index (κ1) is 42.9. The predicted octanol–water partition coefficient (Wildman–Crippen LogP) is 16.9. The zero-order valence-corrected chi connectivity index (χ0v) is 39.4. The maximum atomic E-state index is 6.59. The maximum Gasteiger partial charge on any atom is 0.164 e. The molecule has 338 valence electrons. The number of nitrogens with zero attached hydrogens (tertiary/aromatic N) is 5. The Hall–Kier alpha value is -9.39. The summed E-state index contributed by atoms with van der Waals surface area (Å²) in [4.78, 5) is 17.1. The van der Waals surface area contributed by atoms with Crippen LogP contribution in [0.4, 0.5) is 5.69 Å². The van der Waals surface area contributed by atoms with Crippen LogP contribution in [0.3, 0.4) is 0 Å². The van der Waals surface area contributed by atoms with E-state index in [1.54, 1.807) is 6.08 Å². The number of likely N-dealkylation sites (N-methyl/N-ethyl adjacent to an activating group) is 1. The standard InChI is InChI=1S/C65H47N5O/c1-5-6-18-43(3)69(4)57-33-29-46(37-42(57)2)47-30-34-58-54(39-47)55-40-48(31-35-59(55)70(58)52-25-14-9-15-26-52)49-32-36-60-56(41-49)62-53(27-17-28-61(62)71-60)50-23-16-24-51(38-50)65-67-63(44-19-10-7-11-20-44)66-64(68-65)45-21-12-8-13-22-45/h5-41H,1,3H2,2,4H3/b18-6-. The summed E-state index contributed by atoms with van der Waals surface area (Å²) >= 11 is 0. The van der Waals surface area contributed by atoms with E-state index in [0.717, 1.165) is 100 Å². The predicted molar refractivity (Wildman–Crippen MR) is 296 cm³/mol. The van der Waals surface area contributed by atoms with Crippen LogP contribution in [0.2, 0.25) is 0 Å². The number of furan rings is 1. The van der Waals surface area contributed by atoms with Crippen LogP contribution in [-0.4, -0.2) is 26.6 Å². The molecular weight excluding hydrogens is 867 g/mol. The van der Waals surface area contributed by atoms with E-state index in [1.807, 2.05) is 79.9 Å². The average molecular weight is 914 g/mol. The lowest BCUT2D eigenvalue weighted by atomic mass is 9.95. The molecule has 3 aromatic heterocycles. The lowest BCUT2D eigenvalue weighted by Gasteiger charge is -2.22. The molecule has 12 aromatic rings. The van der Waals surface area contributed by atoms with Crippen LogP contribution in [0.15, 0.2) is 248 Å². The molecule has 6 nitrogen and oxygen atoms in total. The van der Waals surface area contributed by atoms with Gasteiger partial charge in [0.05, 0.1) is 11.0 Å². The number of anilines is 1. The van der Waals surface area contributed by atoms with Gasteiger partial charge in [0.2, 0.25) is 0 Å². The van der Waals surface area contributed by atoms with Gasteiger partial charge in [-0.1, -0.05) is 159 Å². The van der Waals surface area contributed by atoms with Gasteiger partial charge in [-0.05, 0) is 125 Å². The van der Waals surface area contributed by atoms with Gasteiger partial charge < -0.3 is 13.9 Å². The summed E-state index contributed by atoms with van der Waals surface area (Å²) in [6.07, 6.45) is 5.65. The van der Waals surface area contributed by atoms with Crippen molar-refractivity contribution in [3.63, 3.8) is 0 Å². The second-order valence-electron chi connectivity index (χ2n) is 17.9. The van der Waals surface area contributed by atoms with Gasteiger partial charge >= 0.3 is 0 Å². The fourth-order valence-corrected chi connectivity index (χ4v) is 9.91. The first-order chi connectivity index (χ1) is 34.9. The van der Waals surface area contributed by atoms with Crippen molar-refractivity contribution in [1.29, 1.82) is 0 Å². The third-order valence-electron chi connectivity index (χ3n) is 13.5. The molecule has 0 unspecified atom stereocenters. The van der Waals surface area contributed by atoms with Crippen molar-refractivity contribution in [3.05, 3.63) is 249 Å². The molecule has 0 fully saturated rings. The monoisotopic (exact) mass is 913 g/mol. The number of aromatic nitrogens is 4. The third-order valence-corrected chi connectivity index (χ3v) is 13.5. The van der Waals surface area contributed by atoms with Gasteiger partial charge in [-0.3, -0.25) is 0 Å². The Kier molecular flexibility index (Phi) is 10.8. The molecule has 0 bridgehead atoms. The van der Waals surface area contributed by atoms with Gasteiger partial charge in [-0.2, -0.15) is 0 Å². The fraction of sp³-hybridized carbons (Fsp3) is 0.0308. The quantitative estimate of drug-likeness (QED) is 0.121. The molecule has 0 aliphatic carbocycles. The number of allylic oxidation sites excluding steroid dienone is 3. The molecule has 0 aliphatic heterocycles. The van der Waals surface area contributed by atoms with E-state index in [9.17, 15) is 0 Å². The second-order valence-corrected chi connectivity index (χ2v) is 17.9. The fourth-order valence-electron chi connectivity index (χ4n) is 9.91. The highest BCUT2D eigenvalue weighted by Crippen LogP contribution is 2.42. The second kappa shape index (κ2) is 17.9. The Morgan fingerprint density at radius 2 is 1.01 bits per heavy atom. The van der Waals surface area contributed by atoms with Crippen LogP contribution in [0, 0.1) is 6.92 Å². The average Bonchev–Trinajstić information content (AvgIpc) is 3.97. The van der Waals surface area contributed by atoms with Gasteiger partial charge in [0.25, 0.3) is 0 Å². The van der Waals surface area contributed by atoms with Gasteiger partial charge in [0.1, 0.15) is 11.2 Å². The first-order valence-corrected chi connectivity index (χ1v) is 23.8. The number of aryl methyl sites for hydroxylation is 1. The summed E-state index contributed by atoms with van der Waals surface area (Å²) in [5.74, 6) is 1.86. The summed E-state index contributed by atoms with van der Waals surface area (Å²) in [7, 11) is 2.05. The van der Waals surface area contributed by atoms with E-state index in [0.29, 0.717) is 17.5 Å². The van der Waals surface area contributed by atoms with Crippen LogP contribution in [0.5, 0.6) is 0 Å². The minimum absolute atomic E-state index is 0.609. The molecule has 0 aliphatic rings. The highest BCUT2D eigenvalue weighted by atomic mass is 16.3. The van der Waals surface area contributed by atoms with Crippen LogP contribution in [0.1, 0.15) is 5.56 Å². The van der Waals surface area contributed by atoms with Gasteiger partial charge in [-0.25, -0.2) is 15.0 Å². The molecular formula is C65H47N5O. The number of rotatable bonds is 11. The maximum absolute atomic E-state index is 6.59. The summed E-state index contributed by atoms with van der Waals surface area (Å²) < 4.78 is 8.97. The summed E-state index contributed by atoms with van der Waals surface area (Å²) in [6, 6.07) is 72.5. The SMILES string of the molecule is C=C/C=C\C(=C)N(C)c1ccc(-c2ccc3c(c2)c2cc(-c4ccc5oc6cccc(-c7cccc(-c8nc(-c9ccccc9)nc(-c9ccccc9)n8)c7)c6c5c4)ccc2n3-c2ccccc2)cc1C. The van der Waals surface area contributed by atoms with Crippen LogP contribution >= 0.6 is 0 Å². The molecule has 12 rings (SSSR count). The molecule has 0 radical (unpaired) electrons. The van der Waals surface area contributed by atoms with E-state index >= 15 is 0 Å². The molecule has 0 atom stereocenters. The van der Waals surface area contributed by atoms with Crippen molar-refractivity contribution < 1.29 is 4.42 Å². The molecule has 6 heteroatoms. The zero-order valence-electron chi connectivity index (χ0n) is 39.4. The van der Waals surface area contributed by atoms with Crippen LogP contribution in [-0.2, 0) is 0 Å². The van der Waals surface area contributed by atoms with Crippen molar-refractivity contribution in [2.24, 2.45) is 0 Å². The van der Waals surface area contributed by atoms with Gasteiger partial charge in [-0.15, -0.1) is 0 Å². The number of para-hydroxylation sites is 1. The number of hydrogen-bond acceptors (Lipinski definition) is 5. The van der Waals surface area contributed by atoms with Crippen molar-refractivity contribution in [3.8, 4) is 73.2 Å². The third kappa shape index (κ3) is 7.87. The lowest BCUT2D eigenvalue weighted by Crippen LogP contribution is -2.15. The van der Waals surface area contributed by atoms with Crippen molar-refractivity contribution in [2.75, 3.05) is 11.9 Å². The highest BCUT2D eigenvalue weighted by Gasteiger charge is 2.19. The van der Waals surface area contributed by atoms with Crippen molar-refractivity contribution >= 4 is 49.4 Å². The largest absolute Gasteiger partial charge is 0.456 e. The Balaban J connectivity index is 0.959. The number of benzene rings is 9. The molecule has 71 heavy (non-hydrogen) atoms. The molecule has 0 spiro atoms. The van der Waals surface area contributed by atoms with Gasteiger partial charge in [0.15, 0.2) is 17.5 Å². The number of hydrogen-bond donors (Lipinski definition) is 0. The zero-order chi connectivity index (χ0) is 48.0. The van der Waals surface area contributed by atoms with Crippen molar-refractivity contribution in [1.82, 2.24) is 19.5 Å². The summed E-state index contributed by atoms with van der Waals surface area (Å²) in [5.41, 5.74) is 17.7. The van der Waals surface area contributed by atoms with E-state index in [4.69, 9.17) is 19.4 Å². The molecule has 0 saturated carbocycles. The topological polar surface area (TPSA) is 60.0 Å². The smallest absolute Gasteiger partial charge is 0.164 e. The van der Waals surface area contributed by atoms with Crippen LogP contribution < -0.4 is 4.90 Å². The highest BCUT2D eigenvalue weighted by molar-refractivity contribution is 6.15. The van der Waals surface area contributed by atoms with E-state index < -0.39 is 0 Å². The van der Waals surface area contributed by atoms with E-state index in [1.165, 1.54) is 16.3 Å². The Labute approximate surface area is 412 Å². The van der Waals surface area contributed by atoms with E-state index in [2.05, 4.69) is 175 Å². The molecule has 3 heterocycles. The lowest BCUT2D eigenvalue weighted by molar-refractivity contribution is 0.669. The first-order valence-electron chi connectivity index (χ1n) is 23.8. The van der Waals surface area contributed by atoms with E-state index in [-0.39, 0.29) is 0 Å². The molecule has 9 aromatic carbocycles. The molecule has 0 saturated heterocycles. The van der Waals surface area contributed by atoms with Gasteiger partial charge in [0, 0.05) is 62.4 Å². The molecule has 0 N–H and O–H groups in total. The summed E-state index contributed by atoms with van der Waals surface area (Å²) in [5, 5.41) is 4.48.